The van der Waals surface area contributed by atoms with Crippen LogP contribution in [-0.4, -0.2) is 34.4 Å². The molecule has 1 amide bonds. The van der Waals surface area contributed by atoms with Crippen molar-refractivity contribution in [3.63, 3.8) is 0 Å². The molecule has 182 valence electrons. The van der Waals surface area contributed by atoms with Gasteiger partial charge in [0.15, 0.2) is 16.7 Å². The molecular formula is C27H21ClN2O5S. The lowest BCUT2D eigenvalue weighted by Gasteiger charge is -2.24. The van der Waals surface area contributed by atoms with Crippen LogP contribution >= 0.6 is 22.9 Å². The smallest absolute Gasteiger partial charge is 0.350 e. The van der Waals surface area contributed by atoms with Crippen molar-refractivity contribution >= 4 is 51.8 Å². The van der Waals surface area contributed by atoms with Crippen molar-refractivity contribution in [2.45, 2.75) is 13.0 Å². The van der Waals surface area contributed by atoms with Gasteiger partial charge in [-0.15, -0.1) is 0 Å². The van der Waals surface area contributed by atoms with Crippen molar-refractivity contribution in [1.29, 1.82) is 0 Å². The Hall–Kier alpha value is -4.01. The molecule has 36 heavy (non-hydrogen) atoms. The Bertz CT molecular complexity index is 1410. The number of thiazole rings is 1. The Labute approximate surface area is 216 Å². The van der Waals surface area contributed by atoms with E-state index in [1.165, 1.54) is 17.1 Å². The van der Waals surface area contributed by atoms with E-state index < -0.39 is 29.5 Å². The average Bonchev–Trinajstić information content (AvgIpc) is 3.38. The normalized spacial score (nSPS) is 15.6. The van der Waals surface area contributed by atoms with Crippen molar-refractivity contribution in [3.05, 3.63) is 111 Å². The van der Waals surface area contributed by atoms with Crippen LogP contribution in [0, 0.1) is 6.92 Å². The molecule has 0 fully saturated rings. The monoisotopic (exact) mass is 520 g/mol. The number of anilines is 1. The van der Waals surface area contributed by atoms with Crippen LogP contribution in [0.3, 0.4) is 0 Å². The minimum Gasteiger partial charge on any atom is -0.503 e. The van der Waals surface area contributed by atoms with Gasteiger partial charge in [-0.25, -0.2) is 9.78 Å². The van der Waals surface area contributed by atoms with Gasteiger partial charge in [0.05, 0.1) is 17.3 Å². The van der Waals surface area contributed by atoms with Crippen molar-refractivity contribution in [1.82, 2.24) is 4.98 Å². The Morgan fingerprint density at radius 2 is 1.97 bits per heavy atom. The summed E-state index contributed by atoms with van der Waals surface area (Å²) >= 11 is 7.15. The predicted octanol–water partition coefficient (Wildman–Crippen LogP) is 5.63. The molecule has 0 aliphatic carbocycles. The summed E-state index contributed by atoms with van der Waals surface area (Å²) in [5, 5.41) is 11.4. The SMILES string of the molecule is C=CCOC(=O)c1sc(N2C(=O)C(O)=C(C(=O)C=Cc3ccccc3)C2c2cccc(Cl)c2)nc1C. The lowest BCUT2D eigenvalue weighted by molar-refractivity contribution is -0.117. The molecule has 4 rings (SSSR count). The van der Waals surface area contributed by atoms with E-state index in [4.69, 9.17) is 16.3 Å². The molecule has 7 nitrogen and oxygen atoms in total. The number of rotatable bonds is 8. The molecule has 2 heterocycles. The minimum atomic E-state index is -1.01. The van der Waals surface area contributed by atoms with Gasteiger partial charge in [-0.05, 0) is 36.3 Å². The van der Waals surface area contributed by atoms with Crippen LogP contribution in [0.2, 0.25) is 5.02 Å². The molecule has 0 saturated heterocycles. The second kappa shape index (κ2) is 10.7. The number of carbonyl (C=O) groups is 3. The Balaban J connectivity index is 1.77. The number of aryl methyl sites for hydroxylation is 1. The van der Waals surface area contributed by atoms with E-state index in [9.17, 15) is 19.5 Å². The molecule has 1 aliphatic rings. The highest BCUT2D eigenvalue weighted by molar-refractivity contribution is 7.17. The molecule has 0 bridgehead atoms. The third-order valence-electron chi connectivity index (χ3n) is 5.37. The fourth-order valence-electron chi connectivity index (χ4n) is 3.75. The summed E-state index contributed by atoms with van der Waals surface area (Å²) in [5.41, 5.74) is 1.52. The predicted molar refractivity (Wildman–Crippen MR) is 139 cm³/mol. The molecule has 2 aromatic carbocycles. The first kappa shape index (κ1) is 25.1. The van der Waals surface area contributed by atoms with Gasteiger partial charge >= 0.3 is 5.97 Å². The summed E-state index contributed by atoms with van der Waals surface area (Å²) in [4.78, 5) is 44.8. The highest BCUT2D eigenvalue weighted by atomic mass is 35.5. The quantitative estimate of drug-likeness (QED) is 0.235. The van der Waals surface area contributed by atoms with Crippen LogP contribution in [0.25, 0.3) is 6.08 Å². The minimum absolute atomic E-state index is 0.0219. The standard InChI is InChI=1S/C27H21ClN2O5S/c1-3-14-35-26(34)24-16(2)29-27(36-24)30-22(18-10-7-11-19(28)15-18)21(23(32)25(30)33)20(31)13-12-17-8-5-4-6-9-17/h3-13,15,22,32H,1,14H2,2H3. The number of hydrogen-bond acceptors (Lipinski definition) is 7. The number of amides is 1. The van der Waals surface area contributed by atoms with Crippen LogP contribution in [-0.2, 0) is 14.3 Å². The fourth-order valence-corrected chi connectivity index (χ4v) is 4.93. The highest BCUT2D eigenvalue weighted by Gasteiger charge is 2.45. The second-order valence-electron chi connectivity index (χ2n) is 7.80. The van der Waals surface area contributed by atoms with Crippen LogP contribution < -0.4 is 4.90 Å². The summed E-state index contributed by atoms with van der Waals surface area (Å²) < 4.78 is 5.11. The maximum absolute atomic E-state index is 13.3. The van der Waals surface area contributed by atoms with Gasteiger partial charge in [-0.1, -0.05) is 84.1 Å². The number of hydrogen-bond donors (Lipinski definition) is 1. The molecule has 0 spiro atoms. The first-order chi connectivity index (χ1) is 17.3. The van der Waals surface area contributed by atoms with Crippen LogP contribution in [0.5, 0.6) is 0 Å². The first-order valence-corrected chi connectivity index (χ1v) is 12.1. The summed E-state index contributed by atoms with van der Waals surface area (Å²) in [5.74, 6) is -2.65. The first-order valence-electron chi connectivity index (χ1n) is 10.9. The van der Waals surface area contributed by atoms with E-state index in [0.29, 0.717) is 16.3 Å². The third kappa shape index (κ3) is 5.00. The molecule has 0 saturated carbocycles. The molecular weight excluding hydrogens is 500 g/mol. The van der Waals surface area contributed by atoms with E-state index in [0.717, 1.165) is 16.9 Å². The number of ether oxygens (including phenoxy) is 1. The molecule has 1 aromatic heterocycles. The molecule has 9 heteroatoms. The number of carbonyl (C=O) groups excluding carboxylic acids is 3. The third-order valence-corrected chi connectivity index (χ3v) is 6.75. The van der Waals surface area contributed by atoms with Gasteiger partial charge in [0, 0.05) is 5.02 Å². The van der Waals surface area contributed by atoms with Gasteiger partial charge < -0.3 is 9.84 Å². The van der Waals surface area contributed by atoms with Gasteiger partial charge in [-0.2, -0.15) is 0 Å². The molecule has 1 atom stereocenters. The van der Waals surface area contributed by atoms with Crippen LogP contribution in [0.4, 0.5) is 5.13 Å². The molecule has 3 aromatic rings. The van der Waals surface area contributed by atoms with Gasteiger partial charge in [0.1, 0.15) is 11.5 Å². The van der Waals surface area contributed by atoms with Crippen LogP contribution in [0.15, 0.2) is 84.7 Å². The largest absolute Gasteiger partial charge is 0.503 e. The molecule has 0 radical (unpaired) electrons. The molecule has 1 N–H and O–H groups in total. The zero-order valence-corrected chi connectivity index (χ0v) is 20.8. The lowest BCUT2D eigenvalue weighted by atomic mass is 9.96. The average molecular weight is 521 g/mol. The summed E-state index contributed by atoms with van der Waals surface area (Å²) in [6, 6.07) is 14.8. The van der Waals surface area contributed by atoms with E-state index >= 15 is 0 Å². The van der Waals surface area contributed by atoms with Crippen molar-refractivity contribution in [2.75, 3.05) is 11.5 Å². The summed E-state index contributed by atoms with van der Waals surface area (Å²) in [7, 11) is 0. The fraction of sp³-hybridized carbons (Fsp3) is 0.111. The van der Waals surface area contributed by atoms with E-state index in [1.54, 1.807) is 37.3 Å². The zero-order chi connectivity index (χ0) is 25.8. The second-order valence-corrected chi connectivity index (χ2v) is 9.22. The molecule has 1 aliphatic heterocycles. The lowest BCUT2D eigenvalue weighted by Crippen LogP contribution is -2.30. The van der Waals surface area contributed by atoms with Crippen molar-refractivity contribution in [3.8, 4) is 0 Å². The zero-order valence-electron chi connectivity index (χ0n) is 19.2. The Kier molecular flexibility index (Phi) is 7.47. The number of allylic oxidation sites excluding steroid dienone is 1. The van der Waals surface area contributed by atoms with E-state index in [1.807, 2.05) is 30.3 Å². The van der Waals surface area contributed by atoms with Gasteiger partial charge in [0.2, 0.25) is 0 Å². The number of ketones is 1. The van der Waals surface area contributed by atoms with Crippen molar-refractivity contribution < 1.29 is 24.2 Å². The maximum atomic E-state index is 13.3. The number of esters is 1. The Morgan fingerprint density at radius 1 is 1.22 bits per heavy atom. The van der Waals surface area contributed by atoms with E-state index in [-0.39, 0.29) is 22.2 Å². The summed E-state index contributed by atoms with van der Waals surface area (Å²) in [6.45, 7) is 5.16. The summed E-state index contributed by atoms with van der Waals surface area (Å²) in [6.07, 6.45) is 4.35. The topological polar surface area (TPSA) is 96.8 Å². The number of aromatic nitrogens is 1. The van der Waals surface area contributed by atoms with E-state index in [2.05, 4.69) is 11.6 Å². The van der Waals surface area contributed by atoms with Crippen molar-refractivity contribution in [2.24, 2.45) is 0 Å². The Morgan fingerprint density at radius 3 is 2.67 bits per heavy atom. The van der Waals surface area contributed by atoms with Gasteiger partial charge in [0.25, 0.3) is 5.91 Å². The maximum Gasteiger partial charge on any atom is 0.350 e. The van der Waals surface area contributed by atoms with Crippen LogP contribution in [0.1, 0.15) is 32.5 Å². The highest BCUT2D eigenvalue weighted by Crippen LogP contribution is 2.43. The molecule has 1 unspecified atom stereocenters. The van der Waals surface area contributed by atoms with Gasteiger partial charge in [-0.3, -0.25) is 14.5 Å². The number of benzene rings is 2. The number of halogens is 1. The number of nitrogens with zero attached hydrogens (tertiary/aromatic N) is 2. The number of aliphatic hydroxyl groups is 1. The number of aliphatic hydroxyl groups excluding tert-OH is 1.